The first-order valence-corrected chi connectivity index (χ1v) is 5.67. The standard InChI is InChI=1S/C14H13N3O/c15-11-14-13(7-4-8-16-14)17-9-10-18-12-5-2-1-3-6-12/h1-8,17H,9-10H2. The van der Waals surface area contributed by atoms with Crippen LogP contribution in [0.1, 0.15) is 5.69 Å². The Balaban J connectivity index is 1.81. The minimum absolute atomic E-state index is 0.400. The van der Waals surface area contributed by atoms with Crippen LogP contribution in [0.2, 0.25) is 0 Å². The zero-order chi connectivity index (χ0) is 12.6. The Hall–Kier alpha value is -2.54. The van der Waals surface area contributed by atoms with Gasteiger partial charge in [0.15, 0.2) is 5.69 Å². The van der Waals surface area contributed by atoms with E-state index in [1.165, 1.54) is 0 Å². The number of ether oxygens (including phenoxy) is 1. The molecule has 0 bridgehead atoms. The van der Waals surface area contributed by atoms with Crippen LogP contribution in [0.5, 0.6) is 5.75 Å². The maximum atomic E-state index is 8.87. The van der Waals surface area contributed by atoms with Gasteiger partial charge in [-0.1, -0.05) is 18.2 Å². The van der Waals surface area contributed by atoms with Crippen LogP contribution in [0, 0.1) is 11.3 Å². The lowest BCUT2D eigenvalue weighted by molar-refractivity contribution is 0.333. The molecule has 18 heavy (non-hydrogen) atoms. The number of nitrogens with one attached hydrogen (secondary N) is 1. The summed E-state index contributed by atoms with van der Waals surface area (Å²) in [5.41, 5.74) is 1.13. The van der Waals surface area contributed by atoms with Crippen LogP contribution in [0.3, 0.4) is 0 Å². The zero-order valence-electron chi connectivity index (χ0n) is 9.84. The quantitative estimate of drug-likeness (QED) is 0.814. The predicted octanol–water partition coefficient (Wildman–Crippen LogP) is 2.44. The van der Waals surface area contributed by atoms with Crippen LogP contribution >= 0.6 is 0 Å². The molecule has 90 valence electrons. The molecule has 0 atom stereocenters. The molecule has 0 aliphatic rings. The molecule has 0 fully saturated rings. The lowest BCUT2D eigenvalue weighted by Gasteiger charge is -2.08. The maximum absolute atomic E-state index is 8.87. The second kappa shape index (κ2) is 6.26. The molecule has 2 aromatic rings. The summed E-state index contributed by atoms with van der Waals surface area (Å²) in [7, 11) is 0. The largest absolute Gasteiger partial charge is 0.492 e. The Labute approximate surface area is 106 Å². The molecule has 0 aliphatic heterocycles. The highest BCUT2D eigenvalue weighted by Crippen LogP contribution is 2.11. The van der Waals surface area contributed by atoms with Gasteiger partial charge < -0.3 is 10.1 Å². The van der Waals surface area contributed by atoms with Crippen LogP contribution < -0.4 is 10.1 Å². The van der Waals surface area contributed by atoms with Crippen LogP contribution in [0.25, 0.3) is 0 Å². The van der Waals surface area contributed by atoms with Gasteiger partial charge in [0.1, 0.15) is 18.4 Å². The summed E-state index contributed by atoms with van der Waals surface area (Å²) in [6, 6.07) is 15.3. The Morgan fingerprint density at radius 3 is 2.78 bits per heavy atom. The van der Waals surface area contributed by atoms with Gasteiger partial charge in [0.25, 0.3) is 0 Å². The summed E-state index contributed by atoms with van der Waals surface area (Å²) < 4.78 is 5.54. The number of para-hydroxylation sites is 1. The SMILES string of the molecule is N#Cc1ncccc1NCCOc1ccccc1. The van der Waals surface area contributed by atoms with Crippen molar-refractivity contribution in [2.75, 3.05) is 18.5 Å². The van der Waals surface area contributed by atoms with Crippen LogP contribution in [0.4, 0.5) is 5.69 Å². The van der Waals surface area contributed by atoms with Gasteiger partial charge in [-0.25, -0.2) is 4.98 Å². The number of anilines is 1. The second-order valence-corrected chi connectivity index (χ2v) is 3.60. The number of hydrogen-bond donors (Lipinski definition) is 1. The molecule has 0 amide bonds. The van der Waals surface area contributed by atoms with Crippen molar-refractivity contribution in [3.05, 3.63) is 54.4 Å². The number of aromatic nitrogens is 1. The third-order valence-corrected chi connectivity index (χ3v) is 2.34. The third kappa shape index (κ3) is 3.22. The normalized spacial score (nSPS) is 9.50. The molecule has 2 rings (SSSR count). The average Bonchev–Trinajstić information content (AvgIpc) is 2.45. The van der Waals surface area contributed by atoms with Gasteiger partial charge in [0, 0.05) is 12.7 Å². The lowest BCUT2D eigenvalue weighted by atomic mass is 10.3. The molecule has 0 unspecified atom stereocenters. The lowest BCUT2D eigenvalue weighted by Crippen LogP contribution is -2.12. The minimum Gasteiger partial charge on any atom is -0.492 e. The van der Waals surface area contributed by atoms with Crippen molar-refractivity contribution in [1.29, 1.82) is 5.26 Å². The summed E-state index contributed by atoms with van der Waals surface area (Å²) in [4.78, 5) is 3.97. The molecule has 0 saturated heterocycles. The van der Waals surface area contributed by atoms with E-state index in [2.05, 4.69) is 10.3 Å². The fourth-order valence-electron chi connectivity index (χ4n) is 1.51. The van der Waals surface area contributed by atoms with Crippen LogP contribution in [-0.4, -0.2) is 18.1 Å². The van der Waals surface area contributed by atoms with E-state index < -0.39 is 0 Å². The molecular formula is C14H13N3O. The van der Waals surface area contributed by atoms with Crippen molar-refractivity contribution in [2.45, 2.75) is 0 Å². The van der Waals surface area contributed by atoms with E-state index in [9.17, 15) is 0 Å². The number of nitrogens with zero attached hydrogens (tertiary/aromatic N) is 2. The van der Waals surface area contributed by atoms with Gasteiger partial charge in [0.05, 0.1) is 5.69 Å². The van der Waals surface area contributed by atoms with Gasteiger partial charge in [-0.05, 0) is 24.3 Å². The molecule has 0 saturated carbocycles. The maximum Gasteiger partial charge on any atom is 0.163 e. The van der Waals surface area contributed by atoms with Crippen molar-refractivity contribution < 1.29 is 4.74 Å². The number of pyridine rings is 1. The zero-order valence-corrected chi connectivity index (χ0v) is 9.84. The van der Waals surface area contributed by atoms with Gasteiger partial charge in [0.2, 0.25) is 0 Å². The van der Waals surface area contributed by atoms with Gasteiger partial charge in [-0.3, -0.25) is 0 Å². The summed E-state index contributed by atoms with van der Waals surface area (Å²) >= 11 is 0. The van der Waals surface area contributed by atoms with E-state index in [-0.39, 0.29) is 0 Å². The highest BCUT2D eigenvalue weighted by atomic mass is 16.5. The monoisotopic (exact) mass is 239 g/mol. The predicted molar refractivity (Wildman–Crippen MR) is 69.4 cm³/mol. The molecule has 1 aromatic heterocycles. The molecule has 1 N–H and O–H groups in total. The fraction of sp³-hybridized carbons (Fsp3) is 0.143. The molecule has 0 aliphatic carbocycles. The van der Waals surface area contributed by atoms with Crippen molar-refractivity contribution in [1.82, 2.24) is 4.98 Å². The topological polar surface area (TPSA) is 57.9 Å². The first-order chi connectivity index (χ1) is 8.90. The van der Waals surface area contributed by atoms with E-state index >= 15 is 0 Å². The van der Waals surface area contributed by atoms with Crippen molar-refractivity contribution in [2.24, 2.45) is 0 Å². The second-order valence-electron chi connectivity index (χ2n) is 3.60. The smallest absolute Gasteiger partial charge is 0.163 e. The minimum atomic E-state index is 0.400. The summed E-state index contributed by atoms with van der Waals surface area (Å²) in [6.07, 6.45) is 1.60. The Bertz CT molecular complexity index is 534. The molecule has 1 aromatic carbocycles. The van der Waals surface area contributed by atoms with E-state index in [1.54, 1.807) is 12.3 Å². The van der Waals surface area contributed by atoms with Crippen LogP contribution in [-0.2, 0) is 0 Å². The average molecular weight is 239 g/mol. The van der Waals surface area contributed by atoms with Gasteiger partial charge >= 0.3 is 0 Å². The first kappa shape index (κ1) is 11.9. The number of hydrogen-bond acceptors (Lipinski definition) is 4. The van der Waals surface area contributed by atoms with Crippen molar-refractivity contribution >= 4 is 5.69 Å². The van der Waals surface area contributed by atoms with E-state index in [0.29, 0.717) is 18.8 Å². The highest BCUT2D eigenvalue weighted by Gasteiger charge is 2.00. The van der Waals surface area contributed by atoms with Crippen LogP contribution in [0.15, 0.2) is 48.7 Å². The number of rotatable bonds is 5. The Morgan fingerprint density at radius 2 is 2.00 bits per heavy atom. The molecule has 4 heteroatoms. The van der Waals surface area contributed by atoms with Crippen molar-refractivity contribution in [3.63, 3.8) is 0 Å². The molecule has 4 nitrogen and oxygen atoms in total. The van der Waals surface area contributed by atoms with E-state index in [4.69, 9.17) is 10.00 Å². The van der Waals surface area contributed by atoms with Gasteiger partial charge in [-0.2, -0.15) is 5.26 Å². The van der Waals surface area contributed by atoms with E-state index in [0.717, 1.165) is 11.4 Å². The summed E-state index contributed by atoms with van der Waals surface area (Å²) in [5.74, 6) is 0.839. The third-order valence-electron chi connectivity index (χ3n) is 2.34. The molecule has 1 heterocycles. The summed E-state index contributed by atoms with van der Waals surface area (Å²) in [6.45, 7) is 1.15. The number of benzene rings is 1. The number of nitriles is 1. The first-order valence-electron chi connectivity index (χ1n) is 5.67. The molecule has 0 radical (unpaired) electrons. The van der Waals surface area contributed by atoms with Crippen molar-refractivity contribution in [3.8, 4) is 11.8 Å². The van der Waals surface area contributed by atoms with Gasteiger partial charge in [-0.15, -0.1) is 0 Å². The molecule has 0 spiro atoms. The van der Waals surface area contributed by atoms with E-state index in [1.807, 2.05) is 42.5 Å². The Kier molecular flexibility index (Phi) is 4.15. The molecular weight excluding hydrogens is 226 g/mol. The fourth-order valence-corrected chi connectivity index (χ4v) is 1.51. The summed E-state index contributed by atoms with van der Waals surface area (Å²) in [5, 5.41) is 12.0. The Morgan fingerprint density at radius 1 is 1.17 bits per heavy atom. The highest BCUT2D eigenvalue weighted by molar-refractivity contribution is 5.53.